The predicted octanol–water partition coefficient (Wildman–Crippen LogP) is 1.47. The fraction of sp³-hybridized carbons (Fsp3) is 0.333. The lowest BCUT2D eigenvalue weighted by Crippen LogP contribution is -2.21. The highest BCUT2D eigenvalue weighted by Crippen LogP contribution is 2.25. The number of guanidine groups is 1. The maximum atomic E-state index is 11.0. The molecule has 0 aliphatic rings. The monoisotopic (exact) mass is 251 g/mol. The summed E-state index contributed by atoms with van der Waals surface area (Å²) in [6.45, 7) is 2.49. The third-order valence-corrected chi connectivity index (χ3v) is 2.21. The summed E-state index contributed by atoms with van der Waals surface area (Å²) in [7, 11) is 0. The number of ether oxygens (including phenoxy) is 1. The Morgan fingerprint density at radius 3 is 2.72 bits per heavy atom. The van der Waals surface area contributed by atoms with Crippen molar-refractivity contribution >= 4 is 17.6 Å². The summed E-state index contributed by atoms with van der Waals surface area (Å²) in [6.07, 6.45) is 1.82. The molecule has 0 saturated carbocycles. The van der Waals surface area contributed by atoms with E-state index in [-0.39, 0.29) is 17.3 Å². The molecule has 0 aromatic heterocycles. The van der Waals surface area contributed by atoms with Crippen LogP contribution in [0.4, 0.5) is 5.69 Å². The van der Waals surface area contributed by atoms with Crippen molar-refractivity contribution in [3.8, 4) is 5.75 Å². The lowest BCUT2D eigenvalue weighted by atomic mass is 10.2. The van der Waals surface area contributed by atoms with Gasteiger partial charge in [-0.25, -0.2) is 9.79 Å². The van der Waals surface area contributed by atoms with Gasteiger partial charge >= 0.3 is 5.97 Å². The quantitative estimate of drug-likeness (QED) is 0.402. The molecule has 6 heteroatoms. The van der Waals surface area contributed by atoms with E-state index in [1.807, 2.05) is 6.92 Å². The number of aliphatic imine (C=N–C) groups is 1. The minimum atomic E-state index is -1.04. The molecule has 0 aliphatic heterocycles. The van der Waals surface area contributed by atoms with Crippen molar-refractivity contribution < 1.29 is 14.6 Å². The number of hydrogen-bond acceptors (Lipinski definition) is 3. The Kier molecular flexibility index (Phi) is 4.98. The summed E-state index contributed by atoms with van der Waals surface area (Å²) in [5.74, 6) is -0.853. The molecular weight excluding hydrogens is 234 g/mol. The van der Waals surface area contributed by atoms with Crippen molar-refractivity contribution in [1.29, 1.82) is 0 Å². The molecule has 0 unspecified atom stereocenters. The van der Waals surface area contributed by atoms with Crippen LogP contribution in [0, 0.1) is 0 Å². The number of carboxylic acids is 1. The summed E-state index contributed by atoms with van der Waals surface area (Å²) in [4.78, 5) is 14.9. The first-order chi connectivity index (χ1) is 8.54. The van der Waals surface area contributed by atoms with E-state index in [2.05, 4.69) is 4.99 Å². The molecule has 0 spiro atoms. The third kappa shape index (κ3) is 3.97. The minimum absolute atomic E-state index is 0.0856. The normalized spacial score (nSPS) is 9.83. The van der Waals surface area contributed by atoms with Crippen molar-refractivity contribution in [2.24, 2.45) is 16.5 Å². The van der Waals surface area contributed by atoms with Gasteiger partial charge in [-0.15, -0.1) is 0 Å². The van der Waals surface area contributed by atoms with E-state index < -0.39 is 5.97 Å². The number of nitrogens with zero attached hydrogens (tertiary/aromatic N) is 1. The lowest BCUT2D eigenvalue weighted by molar-refractivity contribution is 0.0692. The van der Waals surface area contributed by atoms with Gasteiger partial charge in [0.25, 0.3) is 0 Å². The first-order valence-corrected chi connectivity index (χ1v) is 5.64. The highest BCUT2D eigenvalue weighted by molar-refractivity contribution is 5.91. The van der Waals surface area contributed by atoms with Gasteiger partial charge in [-0.2, -0.15) is 0 Å². The van der Waals surface area contributed by atoms with Gasteiger partial charge in [-0.05, 0) is 18.6 Å². The molecule has 0 atom stereocenters. The van der Waals surface area contributed by atoms with Crippen LogP contribution in [-0.2, 0) is 0 Å². The fourth-order valence-electron chi connectivity index (χ4n) is 1.35. The number of aromatic carboxylic acids is 1. The lowest BCUT2D eigenvalue weighted by Gasteiger charge is -2.09. The van der Waals surface area contributed by atoms with Gasteiger partial charge in [0.1, 0.15) is 11.3 Å². The molecule has 0 radical (unpaired) electrons. The first kappa shape index (κ1) is 13.8. The largest absolute Gasteiger partial charge is 0.493 e. The summed E-state index contributed by atoms with van der Waals surface area (Å²) in [5.41, 5.74) is 11.1. The van der Waals surface area contributed by atoms with Crippen molar-refractivity contribution in [3.63, 3.8) is 0 Å². The molecule has 6 nitrogen and oxygen atoms in total. The Hall–Kier alpha value is -2.24. The Labute approximate surface area is 105 Å². The second-order valence-electron chi connectivity index (χ2n) is 3.72. The van der Waals surface area contributed by atoms with Gasteiger partial charge < -0.3 is 21.3 Å². The molecule has 0 saturated heterocycles. The fourth-order valence-corrected chi connectivity index (χ4v) is 1.35. The maximum absolute atomic E-state index is 11.0. The van der Waals surface area contributed by atoms with E-state index in [0.717, 1.165) is 12.8 Å². The van der Waals surface area contributed by atoms with Gasteiger partial charge in [0.2, 0.25) is 0 Å². The van der Waals surface area contributed by atoms with Crippen LogP contribution in [0.25, 0.3) is 0 Å². The molecule has 0 bridgehead atoms. The van der Waals surface area contributed by atoms with E-state index in [1.54, 1.807) is 0 Å². The molecule has 98 valence electrons. The average Bonchev–Trinajstić information content (AvgIpc) is 2.28. The van der Waals surface area contributed by atoms with Crippen LogP contribution in [0.5, 0.6) is 5.75 Å². The second kappa shape index (κ2) is 6.48. The molecule has 1 aromatic carbocycles. The first-order valence-electron chi connectivity index (χ1n) is 5.64. The van der Waals surface area contributed by atoms with E-state index in [0.29, 0.717) is 12.3 Å². The Morgan fingerprint density at radius 2 is 2.17 bits per heavy atom. The Morgan fingerprint density at radius 1 is 1.44 bits per heavy atom. The molecule has 1 rings (SSSR count). The SMILES string of the molecule is CCCCOc1cc(N=C(N)N)ccc1C(=O)O. The number of rotatable bonds is 6. The summed E-state index contributed by atoms with van der Waals surface area (Å²) in [6, 6.07) is 4.46. The zero-order chi connectivity index (χ0) is 13.5. The minimum Gasteiger partial charge on any atom is -0.493 e. The van der Waals surface area contributed by atoms with Gasteiger partial charge in [0, 0.05) is 6.07 Å². The third-order valence-electron chi connectivity index (χ3n) is 2.21. The number of carbonyl (C=O) groups is 1. The van der Waals surface area contributed by atoms with Crippen LogP contribution >= 0.6 is 0 Å². The highest BCUT2D eigenvalue weighted by atomic mass is 16.5. The van der Waals surface area contributed by atoms with Crippen molar-refractivity contribution in [1.82, 2.24) is 0 Å². The van der Waals surface area contributed by atoms with Gasteiger partial charge in [0.05, 0.1) is 12.3 Å². The van der Waals surface area contributed by atoms with Crippen molar-refractivity contribution in [3.05, 3.63) is 23.8 Å². The van der Waals surface area contributed by atoms with Crippen LogP contribution in [0.15, 0.2) is 23.2 Å². The standard InChI is InChI=1S/C12H17N3O3/c1-2-3-6-18-10-7-8(15-12(13)14)4-5-9(10)11(16)17/h4-5,7H,2-3,6H2,1H3,(H,16,17)(H4,13,14,15). The number of benzene rings is 1. The number of nitrogens with two attached hydrogens (primary N) is 2. The van der Waals surface area contributed by atoms with Crippen LogP contribution in [-0.4, -0.2) is 23.6 Å². The smallest absolute Gasteiger partial charge is 0.339 e. The molecule has 1 aromatic rings. The summed E-state index contributed by atoms with van der Waals surface area (Å²) in [5, 5.41) is 9.03. The zero-order valence-electron chi connectivity index (χ0n) is 10.2. The number of hydrogen-bond donors (Lipinski definition) is 3. The van der Waals surface area contributed by atoms with E-state index in [9.17, 15) is 4.79 Å². The second-order valence-corrected chi connectivity index (χ2v) is 3.72. The highest BCUT2D eigenvalue weighted by Gasteiger charge is 2.11. The molecule has 5 N–H and O–H groups in total. The zero-order valence-corrected chi connectivity index (χ0v) is 10.2. The molecule has 0 amide bonds. The predicted molar refractivity (Wildman–Crippen MR) is 69.3 cm³/mol. The van der Waals surface area contributed by atoms with E-state index >= 15 is 0 Å². The topological polar surface area (TPSA) is 111 Å². The number of carboxylic acid groups (broad SMARTS) is 1. The van der Waals surface area contributed by atoms with Crippen LogP contribution in [0.1, 0.15) is 30.1 Å². The summed E-state index contributed by atoms with van der Waals surface area (Å²) >= 11 is 0. The van der Waals surface area contributed by atoms with Gasteiger partial charge in [-0.3, -0.25) is 0 Å². The Balaban J connectivity index is 3.00. The maximum Gasteiger partial charge on any atom is 0.339 e. The van der Waals surface area contributed by atoms with Crippen LogP contribution in [0.2, 0.25) is 0 Å². The van der Waals surface area contributed by atoms with Crippen LogP contribution < -0.4 is 16.2 Å². The summed E-state index contributed by atoms with van der Waals surface area (Å²) < 4.78 is 5.43. The number of unbranched alkanes of at least 4 members (excludes halogenated alkanes) is 1. The molecule has 0 aliphatic carbocycles. The van der Waals surface area contributed by atoms with Crippen molar-refractivity contribution in [2.75, 3.05) is 6.61 Å². The average molecular weight is 251 g/mol. The molecular formula is C12H17N3O3. The van der Waals surface area contributed by atoms with Crippen LogP contribution in [0.3, 0.4) is 0 Å². The van der Waals surface area contributed by atoms with E-state index in [4.69, 9.17) is 21.3 Å². The Bertz CT molecular complexity index is 454. The molecule has 0 fully saturated rings. The van der Waals surface area contributed by atoms with Gasteiger partial charge in [-0.1, -0.05) is 13.3 Å². The van der Waals surface area contributed by atoms with E-state index in [1.165, 1.54) is 18.2 Å². The molecule has 0 heterocycles. The van der Waals surface area contributed by atoms with Crippen molar-refractivity contribution in [2.45, 2.75) is 19.8 Å². The van der Waals surface area contributed by atoms with Gasteiger partial charge in [0.15, 0.2) is 5.96 Å². The molecule has 18 heavy (non-hydrogen) atoms.